The van der Waals surface area contributed by atoms with Crippen molar-refractivity contribution in [3.8, 4) is 0 Å². The van der Waals surface area contributed by atoms with Crippen LogP contribution in [0, 0.1) is 0 Å². The van der Waals surface area contributed by atoms with Gasteiger partial charge in [-0.1, -0.05) is 55.3 Å². The van der Waals surface area contributed by atoms with Crippen molar-refractivity contribution in [1.82, 2.24) is 9.55 Å². The summed E-state index contributed by atoms with van der Waals surface area (Å²) in [4.78, 5) is 30.5. The van der Waals surface area contributed by atoms with Crippen LogP contribution in [0.4, 0.5) is 5.69 Å². The number of hydrogen-bond donors (Lipinski definition) is 1. The van der Waals surface area contributed by atoms with E-state index in [9.17, 15) is 9.59 Å². The molecule has 1 fully saturated rings. The zero-order valence-electron chi connectivity index (χ0n) is 15.9. The van der Waals surface area contributed by atoms with Gasteiger partial charge in [-0.15, -0.1) is 0 Å². The number of benzene rings is 2. The van der Waals surface area contributed by atoms with Crippen LogP contribution in [0.15, 0.2) is 63.0 Å². The topological polar surface area (TPSA) is 64.0 Å². The second kappa shape index (κ2) is 9.13. The predicted octanol–water partition coefficient (Wildman–Crippen LogP) is 5.40. The monoisotopic (exact) mass is 471 g/mol. The zero-order valence-corrected chi connectivity index (χ0v) is 18.3. The van der Waals surface area contributed by atoms with E-state index in [1.807, 2.05) is 53.1 Å². The second-order valence-electron chi connectivity index (χ2n) is 7.20. The molecule has 1 N–H and O–H groups in total. The summed E-state index contributed by atoms with van der Waals surface area (Å²) in [6, 6.07) is 15.1. The van der Waals surface area contributed by atoms with Crippen LogP contribution in [0.25, 0.3) is 10.9 Å². The van der Waals surface area contributed by atoms with E-state index in [0.29, 0.717) is 16.1 Å². The van der Waals surface area contributed by atoms with E-state index in [1.54, 1.807) is 0 Å². The number of nitrogens with zero attached hydrogens (tertiary/aromatic N) is 2. The van der Waals surface area contributed by atoms with Gasteiger partial charge in [-0.05, 0) is 53.0 Å². The maximum atomic E-state index is 13.2. The van der Waals surface area contributed by atoms with Crippen LogP contribution >= 0.6 is 27.7 Å². The fourth-order valence-corrected chi connectivity index (χ4v) is 5.02. The van der Waals surface area contributed by atoms with E-state index in [4.69, 9.17) is 4.98 Å². The first-order valence-corrected chi connectivity index (χ1v) is 11.6. The van der Waals surface area contributed by atoms with Gasteiger partial charge in [0.25, 0.3) is 5.56 Å². The van der Waals surface area contributed by atoms with Crippen molar-refractivity contribution in [1.29, 1.82) is 0 Å². The Balaban J connectivity index is 1.61. The molecule has 0 unspecified atom stereocenters. The molecule has 1 saturated carbocycles. The normalized spacial score (nSPS) is 14.8. The Morgan fingerprint density at radius 3 is 2.62 bits per heavy atom. The summed E-state index contributed by atoms with van der Waals surface area (Å²) >= 11 is 4.77. The van der Waals surface area contributed by atoms with Crippen molar-refractivity contribution in [2.24, 2.45) is 0 Å². The molecule has 1 aliphatic carbocycles. The Labute approximate surface area is 182 Å². The molecule has 29 heavy (non-hydrogen) atoms. The molecule has 2 aromatic carbocycles. The minimum absolute atomic E-state index is 0.00351. The van der Waals surface area contributed by atoms with Gasteiger partial charge < -0.3 is 5.32 Å². The molecular weight excluding hydrogens is 450 g/mol. The maximum Gasteiger partial charge on any atom is 0.262 e. The van der Waals surface area contributed by atoms with Crippen LogP contribution in [0.3, 0.4) is 0 Å². The first kappa shape index (κ1) is 20.2. The van der Waals surface area contributed by atoms with Gasteiger partial charge in [0.15, 0.2) is 5.16 Å². The number of fused-ring (bicyclic) bond motifs is 1. The number of halogens is 1. The molecule has 1 heterocycles. The first-order valence-electron chi connectivity index (χ1n) is 9.82. The highest BCUT2D eigenvalue weighted by Crippen LogP contribution is 2.31. The number of anilines is 1. The van der Waals surface area contributed by atoms with E-state index in [1.165, 1.54) is 18.2 Å². The number of hydrogen-bond acceptors (Lipinski definition) is 4. The highest BCUT2D eigenvalue weighted by atomic mass is 79.9. The van der Waals surface area contributed by atoms with Crippen LogP contribution in [0.2, 0.25) is 0 Å². The predicted molar refractivity (Wildman–Crippen MR) is 122 cm³/mol. The summed E-state index contributed by atoms with van der Waals surface area (Å²) in [7, 11) is 0. The number of thioether (sulfide) groups is 1. The van der Waals surface area contributed by atoms with Gasteiger partial charge >= 0.3 is 0 Å². The molecule has 0 spiro atoms. The Bertz CT molecular complexity index is 1090. The molecule has 150 valence electrons. The molecule has 0 saturated heterocycles. The maximum absolute atomic E-state index is 13.2. The molecule has 3 aromatic rings. The lowest BCUT2D eigenvalue weighted by atomic mass is 9.95. The molecule has 1 aromatic heterocycles. The molecule has 7 heteroatoms. The standard InChI is InChI=1S/C22H22BrN3O2S/c23-17-11-5-7-13-19(17)24-20(27)14-29-22-25-18-12-6-4-10-16(18)21(28)26(22)15-8-2-1-3-9-15/h4-7,10-13,15H,1-3,8-9,14H2,(H,24,27). The first-order chi connectivity index (χ1) is 14.1. The number of para-hydroxylation sites is 2. The number of amides is 1. The number of rotatable bonds is 5. The second-order valence-corrected chi connectivity index (χ2v) is 8.99. The van der Waals surface area contributed by atoms with E-state index < -0.39 is 0 Å². The van der Waals surface area contributed by atoms with Gasteiger partial charge in [0.1, 0.15) is 0 Å². The molecule has 0 bridgehead atoms. The van der Waals surface area contributed by atoms with Crippen molar-refractivity contribution >= 4 is 50.2 Å². The number of nitrogens with one attached hydrogen (secondary N) is 1. The smallest absolute Gasteiger partial charge is 0.262 e. The average Bonchev–Trinajstić information content (AvgIpc) is 2.75. The lowest BCUT2D eigenvalue weighted by Crippen LogP contribution is -2.29. The van der Waals surface area contributed by atoms with Crippen LogP contribution in [-0.2, 0) is 4.79 Å². The van der Waals surface area contributed by atoms with Gasteiger partial charge in [-0.3, -0.25) is 14.2 Å². The fraction of sp³-hybridized carbons (Fsp3) is 0.318. The summed E-state index contributed by atoms with van der Waals surface area (Å²) in [5.74, 6) is 0.0678. The number of carbonyl (C=O) groups is 1. The summed E-state index contributed by atoms with van der Waals surface area (Å²) < 4.78 is 2.67. The fourth-order valence-electron chi connectivity index (χ4n) is 3.77. The summed E-state index contributed by atoms with van der Waals surface area (Å²) in [5.41, 5.74) is 1.41. The van der Waals surface area contributed by atoms with Crippen LogP contribution in [0.1, 0.15) is 38.1 Å². The SMILES string of the molecule is O=C(CSc1nc2ccccc2c(=O)n1C1CCCCC1)Nc1ccccc1Br. The van der Waals surface area contributed by atoms with E-state index in [2.05, 4.69) is 21.2 Å². The Hall–Kier alpha value is -2.12. The minimum atomic E-state index is -0.125. The summed E-state index contributed by atoms with van der Waals surface area (Å²) in [5, 5.41) is 4.18. The summed E-state index contributed by atoms with van der Waals surface area (Å²) in [6.45, 7) is 0. The van der Waals surface area contributed by atoms with Gasteiger partial charge in [-0.2, -0.15) is 0 Å². The number of aromatic nitrogens is 2. The van der Waals surface area contributed by atoms with Crippen molar-refractivity contribution in [3.63, 3.8) is 0 Å². The molecule has 1 amide bonds. The molecular formula is C22H22BrN3O2S. The van der Waals surface area contributed by atoms with Gasteiger partial charge in [-0.25, -0.2) is 4.98 Å². The van der Waals surface area contributed by atoms with Gasteiger partial charge in [0, 0.05) is 10.5 Å². The van der Waals surface area contributed by atoms with Crippen LogP contribution in [-0.4, -0.2) is 21.2 Å². The highest BCUT2D eigenvalue weighted by molar-refractivity contribution is 9.10. The average molecular weight is 472 g/mol. The van der Waals surface area contributed by atoms with Crippen molar-refractivity contribution < 1.29 is 4.79 Å². The molecule has 4 rings (SSSR count). The number of carbonyl (C=O) groups excluding carboxylic acids is 1. The Kier molecular flexibility index (Phi) is 6.35. The zero-order chi connectivity index (χ0) is 20.2. The third-order valence-corrected chi connectivity index (χ3v) is 6.84. The lowest BCUT2D eigenvalue weighted by Gasteiger charge is -2.26. The Morgan fingerprint density at radius 2 is 1.83 bits per heavy atom. The largest absolute Gasteiger partial charge is 0.324 e. The van der Waals surface area contributed by atoms with Crippen molar-refractivity contribution in [3.05, 3.63) is 63.4 Å². The van der Waals surface area contributed by atoms with E-state index >= 15 is 0 Å². The summed E-state index contributed by atoms with van der Waals surface area (Å²) in [6.07, 6.45) is 5.42. The quantitative estimate of drug-likeness (QED) is 0.399. The van der Waals surface area contributed by atoms with Crippen LogP contribution in [0.5, 0.6) is 0 Å². The van der Waals surface area contributed by atoms with Gasteiger partial charge in [0.05, 0.1) is 22.3 Å². The van der Waals surface area contributed by atoms with E-state index in [-0.39, 0.29) is 23.3 Å². The highest BCUT2D eigenvalue weighted by Gasteiger charge is 2.22. The van der Waals surface area contributed by atoms with Gasteiger partial charge in [0.2, 0.25) is 5.91 Å². The third kappa shape index (κ3) is 4.56. The molecule has 1 aliphatic rings. The van der Waals surface area contributed by atoms with Crippen molar-refractivity contribution in [2.45, 2.75) is 43.3 Å². The molecule has 0 radical (unpaired) electrons. The van der Waals surface area contributed by atoms with Crippen LogP contribution < -0.4 is 10.9 Å². The lowest BCUT2D eigenvalue weighted by molar-refractivity contribution is -0.113. The molecule has 5 nitrogen and oxygen atoms in total. The van der Waals surface area contributed by atoms with Crippen molar-refractivity contribution in [2.75, 3.05) is 11.1 Å². The Morgan fingerprint density at radius 1 is 1.10 bits per heavy atom. The third-order valence-electron chi connectivity index (χ3n) is 5.20. The molecule has 0 atom stereocenters. The molecule has 0 aliphatic heterocycles. The van der Waals surface area contributed by atoms with E-state index in [0.717, 1.165) is 35.8 Å². The minimum Gasteiger partial charge on any atom is -0.324 e.